The number of rotatable bonds is 6. The van der Waals surface area contributed by atoms with Crippen molar-refractivity contribution in [2.45, 2.75) is 20.3 Å². The van der Waals surface area contributed by atoms with Crippen LogP contribution >= 0.6 is 11.6 Å². The van der Waals surface area contributed by atoms with Gasteiger partial charge < -0.3 is 4.74 Å². The van der Waals surface area contributed by atoms with Crippen LogP contribution in [0.25, 0.3) is 22.2 Å². The highest BCUT2D eigenvalue weighted by Gasteiger charge is 2.50. The van der Waals surface area contributed by atoms with Crippen LogP contribution in [0.1, 0.15) is 39.6 Å². The molecule has 1 fully saturated rings. The van der Waals surface area contributed by atoms with Crippen molar-refractivity contribution in [1.82, 2.24) is 4.98 Å². The Balaban J connectivity index is 1.31. The Labute approximate surface area is 251 Å². The molecule has 0 N–H and O–H groups in total. The summed E-state index contributed by atoms with van der Waals surface area (Å²) in [6.07, 6.45) is 4.50. The number of nitrogens with zero attached hydrogens (tertiary/aromatic N) is 2. The van der Waals surface area contributed by atoms with Crippen molar-refractivity contribution in [3.05, 3.63) is 106 Å². The van der Waals surface area contributed by atoms with E-state index >= 15 is 0 Å². The maximum Gasteiger partial charge on any atom is 0.339 e. The van der Waals surface area contributed by atoms with Crippen molar-refractivity contribution in [3.63, 3.8) is 0 Å². The molecular formula is C34H26ClFN2O5. The highest BCUT2D eigenvalue weighted by atomic mass is 35.5. The fourth-order valence-corrected chi connectivity index (χ4v) is 5.98. The molecule has 216 valence electrons. The molecule has 2 amide bonds. The molecule has 0 spiro atoms. The Morgan fingerprint density at radius 1 is 1.02 bits per heavy atom. The highest BCUT2D eigenvalue weighted by Crippen LogP contribution is 2.41. The number of imide groups is 1. The summed E-state index contributed by atoms with van der Waals surface area (Å²) < 4.78 is 18.6. The molecule has 0 radical (unpaired) electrons. The number of halogens is 2. The van der Waals surface area contributed by atoms with Crippen molar-refractivity contribution in [3.8, 4) is 11.3 Å². The topological polar surface area (TPSA) is 93.6 Å². The molecule has 0 saturated carbocycles. The summed E-state index contributed by atoms with van der Waals surface area (Å²) in [5, 5.41) is 0.967. The normalized spacial score (nSPS) is 19.5. The molecule has 43 heavy (non-hydrogen) atoms. The molecule has 3 unspecified atom stereocenters. The quantitative estimate of drug-likeness (QED) is 0.106. The molecule has 7 nitrogen and oxygen atoms in total. The van der Waals surface area contributed by atoms with Crippen LogP contribution in [0.4, 0.5) is 10.1 Å². The standard InChI is InChI=1S/C34H26ClFN2O5/c1-18-4-3-5-25-30(18)33(41)38(32(25)40)23-12-8-20(9-13-23)28-16-26(24-14-15-27(35)19(2)31(24)37-28)34(42)43-17-29(39)21-6-10-22(36)11-7-21/h3-4,6-16,18,25,30H,5,17H2,1-2H3. The second kappa shape index (κ2) is 11.2. The molecule has 2 aliphatic rings. The number of amides is 2. The van der Waals surface area contributed by atoms with Gasteiger partial charge in [0.25, 0.3) is 0 Å². The number of ketones is 1. The second-order valence-corrected chi connectivity index (χ2v) is 11.3. The molecule has 4 aromatic rings. The average Bonchev–Trinajstić information content (AvgIpc) is 3.27. The third kappa shape index (κ3) is 5.12. The number of benzene rings is 3. The summed E-state index contributed by atoms with van der Waals surface area (Å²) in [5.74, 6) is -2.82. The van der Waals surface area contributed by atoms with Crippen LogP contribution in [-0.2, 0) is 14.3 Å². The van der Waals surface area contributed by atoms with Crippen LogP contribution in [0, 0.1) is 30.5 Å². The van der Waals surface area contributed by atoms with E-state index in [1.807, 2.05) is 19.1 Å². The first-order valence-corrected chi connectivity index (χ1v) is 14.2. The number of ether oxygens (including phenoxy) is 1. The van der Waals surface area contributed by atoms with E-state index in [4.69, 9.17) is 21.3 Å². The number of Topliss-reactive ketones (excluding diaryl/α,β-unsaturated/α-hetero) is 1. The van der Waals surface area contributed by atoms with E-state index in [9.17, 15) is 23.6 Å². The van der Waals surface area contributed by atoms with Gasteiger partial charge in [0.1, 0.15) is 5.82 Å². The van der Waals surface area contributed by atoms with Gasteiger partial charge in [-0.15, -0.1) is 0 Å². The Hall–Kier alpha value is -4.69. The predicted octanol–water partition coefficient (Wildman–Crippen LogP) is 6.74. The zero-order chi connectivity index (χ0) is 30.4. The number of carbonyl (C=O) groups excluding carboxylic acids is 4. The van der Waals surface area contributed by atoms with Gasteiger partial charge in [0.05, 0.1) is 34.3 Å². The van der Waals surface area contributed by atoms with E-state index in [1.54, 1.807) is 49.4 Å². The monoisotopic (exact) mass is 596 g/mol. The predicted molar refractivity (Wildman–Crippen MR) is 160 cm³/mol. The first-order valence-electron chi connectivity index (χ1n) is 13.8. The molecule has 1 saturated heterocycles. The van der Waals surface area contributed by atoms with Crippen LogP contribution in [0.3, 0.4) is 0 Å². The van der Waals surface area contributed by atoms with E-state index in [-0.39, 0.29) is 40.7 Å². The van der Waals surface area contributed by atoms with Gasteiger partial charge in [-0.1, -0.05) is 48.9 Å². The number of aromatic nitrogens is 1. The Kier molecular flexibility index (Phi) is 7.40. The van der Waals surface area contributed by atoms with Gasteiger partial charge in [-0.25, -0.2) is 14.2 Å². The summed E-state index contributed by atoms with van der Waals surface area (Å²) >= 11 is 6.38. The van der Waals surface area contributed by atoms with E-state index in [1.165, 1.54) is 17.0 Å². The lowest BCUT2D eigenvalue weighted by atomic mass is 9.78. The molecule has 6 rings (SSSR count). The maximum atomic E-state index is 13.3. The Morgan fingerprint density at radius 2 is 1.74 bits per heavy atom. The number of esters is 1. The van der Waals surface area contributed by atoms with Crippen molar-refractivity contribution >= 4 is 51.8 Å². The van der Waals surface area contributed by atoms with E-state index in [0.29, 0.717) is 44.9 Å². The molecule has 1 aromatic heterocycles. The minimum absolute atomic E-state index is 0.0134. The van der Waals surface area contributed by atoms with E-state index in [2.05, 4.69) is 0 Å². The number of allylic oxidation sites excluding steroid dienone is 2. The van der Waals surface area contributed by atoms with Crippen molar-refractivity contribution in [1.29, 1.82) is 0 Å². The molecule has 2 heterocycles. The lowest BCUT2D eigenvalue weighted by molar-refractivity contribution is -0.122. The Bertz CT molecular complexity index is 1830. The van der Waals surface area contributed by atoms with Crippen LogP contribution in [0.15, 0.2) is 78.9 Å². The third-order valence-corrected chi connectivity index (χ3v) is 8.59. The molecule has 0 bridgehead atoms. The first kappa shape index (κ1) is 28.4. The van der Waals surface area contributed by atoms with Crippen LogP contribution in [0.5, 0.6) is 0 Å². The fourth-order valence-electron chi connectivity index (χ4n) is 5.83. The van der Waals surface area contributed by atoms with E-state index in [0.717, 1.165) is 12.1 Å². The number of carbonyl (C=O) groups is 4. The molecule has 9 heteroatoms. The first-order chi connectivity index (χ1) is 20.6. The van der Waals surface area contributed by atoms with Crippen LogP contribution < -0.4 is 4.90 Å². The van der Waals surface area contributed by atoms with E-state index < -0.39 is 24.2 Å². The number of hydrogen-bond acceptors (Lipinski definition) is 6. The van der Waals surface area contributed by atoms with Gasteiger partial charge in [-0.3, -0.25) is 19.3 Å². The number of anilines is 1. The molecule has 3 aromatic carbocycles. The fraction of sp³-hybridized carbons (Fsp3) is 0.206. The molecule has 3 atom stereocenters. The Morgan fingerprint density at radius 3 is 2.44 bits per heavy atom. The number of fused-ring (bicyclic) bond motifs is 2. The highest BCUT2D eigenvalue weighted by molar-refractivity contribution is 6.32. The van der Waals surface area contributed by atoms with Crippen molar-refractivity contribution < 1.29 is 28.3 Å². The third-order valence-electron chi connectivity index (χ3n) is 8.18. The molecule has 1 aliphatic heterocycles. The lowest BCUT2D eigenvalue weighted by Gasteiger charge is -2.22. The minimum Gasteiger partial charge on any atom is -0.454 e. The summed E-state index contributed by atoms with van der Waals surface area (Å²) in [6.45, 7) is 3.21. The number of aryl methyl sites for hydroxylation is 1. The number of hydrogen-bond donors (Lipinski definition) is 0. The van der Waals surface area contributed by atoms with Gasteiger partial charge in [0, 0.05) is 21.5 Å². The summed E-state index contributed by atoms with van der Waals surface area (Å²) in [6, 6.07) is 16.7. The zero-order valence-electron chi connectivity index (χ0n) is 23.3. The van der Waals surface area contributed by atoms with Gasteiger partial charge >= 0.3 is 5.97 Å². The van der Waals surface area contributed by atoms with Gasteiger partial charge in [0.15, 0.2) is 12.4 Å². The maximum absolute atomic E-state index is 13.3. The van der Waals surface area contributed by atoms with Crippen molar-refractivity contribution in [2.75, 3.05) is 11.5 Å². The summed E-state index contributed by atoms with van der Waals surface area (Å²) in [5.41, 5.74) is 3.09. The minimum atomic E-state index is -0.735. The SMILES string of the molecule is Cc1c(Cl)ccc2c(C(=O)OCC(=O)c3ccc(F)cc3)cc(-c3ccc(N4C(=O)C5CC=CC(C)C5C4=O)cc3)nc12. The van der Waals surface area contributed by atoms with Gasteiger partial charge in [0.2, 0.25) is 11.8 Å². The summed E-state index contributed by atoms with van der Waals surface area (Å²) in [7, 11) is 0. The smallest absolute Gasteiger partial charge is 0.339 e. The van der Waals surface area contributed by atoms with Gasteiger partial charge in [-0.2, -0.15) is 0 Å². The zero-order valence-corrected chi connectivity index (χ0v) is 24.1. The average molecular weight is 597 g/mol. The largest absolute Gasteiger partial charge is 0.454 e. The molecular weight excluding hydrogens is 571 g/mol. The molecule has 1 aliphatic carbocycles. The number of pyridine rings is 1. The second-order valence-electron chi connectivity index (χ2n) is 10.8. The van der Waals surface area contributed by atoms with Crippen LogP contribution in [-0.4, -0.2) is 35.2 Å². The van der Waals surface area contributed by atoms with Crippen molar-refractivity contribution in [2.24, 2.45) is 17.8 Å². The summed E-state index contributed by atoms with van der Waals surface area (Å²) in [4.78, 5) is 58.3. The van der Waals surface area contributed by atoms with Crippen LogP contribution in [0.2, 0.25) is 5.02 Å². The lowest BCUT2D eigenvalue weighted by Crippen LogP contribution is -2.31. The van der Waals surface area contributed by atoms with Gasteiger partial charge in [-0.05, 0) is 73.4 Å².